The van der Waals surface area contributed by atoms with E-state index in [4.69, 9.17) is 6.92 Å². The Morgan fingerprint density at radius 3 is 1.18 bits per heavy atom. The molecule has 0 aromatic heterocycles. The topological polar surface area (TPSA) is 0 Å². The van der Waals surface area contributed by atoms with Crippen molar-refractivity contribution in [3.63, 3.8) is 0 Å². The van der Waals surface area contributed by atoms with Crippen molar-refractivity contribution in [1.29, 1.82) is 0 Å². The van der Waals surface area contributed by atoms with Crippen LogP contribution in [0.4, 0.5) is 0 Å². The van der Waals surface area contributed by atoms with Crippen LogP contribution in [0.15, 0.2) is 0 Å². The molecule has 0 saturated heterocycles. The molecule has 0 aromatic rings. The molecular weight excluding hydrogens is 132 g/mol. The summed E-state index contributed by atoms with van der Waals surface area (Å²) in [5, 5.41) is 0. The maximum Gasteiger partial charge on any atom is -0.0314 e. The quantitative estimate of drug-likeness (QED) is 0.539. The summed E-state index contributed by atoms with van der Waals surface area (Å²) in [4.78, 5) is 0. The molecule has 0 aliphatic heterocycles. The zero-order valence-electron chi connectivity index (χ0n) is 8.86. The molecule has 0 nitrogen and oxygen atoms in total. The molecule has 0 amide bonds. The first-order valence-electron chi connectivity index (χ1n) is 4.39. The highest BCUT2D eigenvalue weighted by molar-refractivity contribution is 4.84. The molecule has 0 N–H and O–H groups in total. The van der Waals surface area contributed by atoms with Gasteiger partial charge in [-0.05, 0) is 30.1 Å². The zero-order valence-corrected chi connectivity index (χ0v) is 8.86. The van der Waals surface area contributed by atoms with Crippen molar-refractivity contribution in [3.05, 3.63) is 6.92 Å². The fraction of sp³-hybridized carbons (Fsp3) is 0.909. The zero-order chi connectivity index (χ0) is 9.28. The van der Waals surface area contributed by atoms with Gasteiger partial charge in [0.1, 0.15) is 0 Å². The van der Waals surface area contributed by atoms with Crippen LogP contribution in [0.3, 0.4) is 0 Å². The molecule has 0 unspecified atom stereocenters. The van der Waals surface area contributed by atoms with E-state index in [0.29, 0.717) is 16.7 Å². The molecule has 66 valence electrons. The van der Waals surface area contributed by atoms with Crippen molar-refractivity contribution in [3.8, 4) is 0 Å². The van der Waals surface area contributed by atoms with Gasteiger partial charge in [-0.15, -0.1) is 0 Å². The molecule has 0 spiro atoms. The smallest absolute Gasteiger partial charge is 0.0314 e. The summed E-state index contributed by atoms with van der Waals surface area (Å²) in [6.07, 6.45) is 0.785. The van der Waals surface area contributed by atoms with Gasteiger partial charge >= 0.3 is 0 Å². The summed E-state index contributed by atoms with van der Waals surface area (Å²) in [5.74, 6) is 0.593. The van der Waals surface area contributed by atoms with E-state index in [9.17, 15) is 0 Å². The Hall–Kier alpha value is 0. The summed E-state index contributed by atoms with van der Waals surface area (Å²) >= 11 is 0. The van der Waals surface area contributed by atoms with Crippen LogP contribution in [0, 0.1) is 23.7 Å². The third kappa shape index (κ3) is 3.27. The summed E-state index contributed by atoms with van der Waals surface area (Å²) < 4.78 is 0. The van der Waals surface area contributed by atoms with Crippen LogP contribution < -0.4 is 0 Å². The maximum atomic E-state index is 5.75. The molecule has 0 aliphatic carbocycles. The van der Waals surface area contributed by atoms with Gasteiger partial charge in [-0.2, -0.15) is 0 Å². The molecule has 0 aromatic carbocycles. The van der Waals surface area contributed by atoms with Gasteiger partial charge < -0.3 is 0 Å². The molecule has 0 heteroatoms. The van der Waals surface area contributed by atoms with Crippen molar-refractivity contribution in [2.45, 2.75) is 48.0 Å². The van der Waals surface area contributed by atoms with Gasteiger partial charge in [-0.3, -0.25) is 0 Å². The molecule has 2 radical (unpaired) electrons. The average Bonchev–Trinajstić information content (AvgIpc) is 1.56. The monoisotopic (exact) mass is 154 g/mol. The SMILES string of the molecule is [CH]CC(C(C)(C)C)C(C)(C)C. The summed E-state index contributed by atoms with van der Waals surface area (Å²) in [7, 11) is 0. The maximum absolute atomic E-state index is 5.75. The van der Waals surface area contributed by atoms with Crippen LogP contribution in [0.5, 0.6) is 0 Å². The Bertz CT molecular complexity index is 95.0. The fourth-order valence-corrected chi connectivity index (χ4v) is 2.01. The minimum Gasteiger partial charge on any atom is -0.0599 e. The first-order valence-corrected chi connectivity index (χ1v) is 4.39. The van der Waals surface area contributed by atoms with Gasteiger partial charge in [0.2, 0.25) is 0 Å². The van der Waals surface area contributed by atoms with Crippen LogP contribution >= 0.6 is 0 Å². The van der Waals surface area contributed by atoms with Gasteiger partial charge in [0.25, 0.3) is 0 Å². The molecule has 11 heavy (non-hydrogen) atoms. The van der Waals surface area contributed by atoms with Crippen molar-refractivity contribution < 1.29 is 0 Å². The van der Waals surface area contributed by atoms with E-state index in [0.717, 1.165) is 6.42 Å². The first kappa shape index (κ1) is 11.0. The molecule has 0 aliphatic rings. The number of hydrogen-bond donors (Lipinski definition) is 0. The predicted octanol–water partition coefficient (Wildman–Crippen LogP) is 3.80. The summed E-state index contributed by atoms with van der Waals surface area (Å²) in [6, 6.07) is 0. The van der Waals surface area contributed by atoms with E-state index in [2.05, 4.69) is 41.5 Å². The van der Waals surface area contributed by atoms with E-state index in [1.54, 1.807) is 0 Å². The highest BCUT2D eigenvalue weighted by Crippen LogP contribution is 2.41. The third-order valence-electron chi connectivity index (χ3n) is 2.33. The van der Waals surface area contributed by atoms with Crippen molar-refractivity contribution in [2.24, 2.45) is 16.7 Å². The Kier molecular flexibility index (Phi) is 3.16. The van der Waals surface area contributed by atoms with Crippen LogP contribution in [0.25, 0.3) is 0 Å². The second-order valence-electron chi connectivity index (χ2n) is 5.52. The molecule has 0 bridgehead atoms. The standard InChI is InChI=1S/C11H22/c1-8-9(10(2,3)4)11(5,6)7/h1,9H,8H2,2-7H3. The Morgan fingerprint density at radius 2 is 1.18 bits per heavy atom. The lowest BCUT2D eigenvalue weighted by molar-refractivity contribution is 0.104. The molecule has 0 atom stereocenters. The summed E-state index contributed by atoms with van der Waals surface area (Å²) in [5.41, 5.74) is 0.653. The molecule has 0 fully saturated rings. The number of hydrogen-bond acceptors (Lipinski definition) is 0. The van der Waals surface area contributed by atoms with Gasteiger partial charge in [0.15, 0.2) is 0 Å². The van der Waals surface area contributed by atoms with E-state index in [-0.39, 0.29) is 0 Å². The lowest BCUT2D eigenvalue weighted by Crippen LogP contribution is -2.31. The molecule has 0 rings (SSSR count). The summed E-state index contributed by atoms with van der Waals surface area (Å²) in [6.45, 7) is 19.3. The third-order valence-corrected chi connectivity index (χ3v) is 2.33. The van der Waals surface area contributed by atoms with Gasteiger partial charge in [0.05, 0.1) is 0 Å². The highest BCUT2D eigenvalue weighted by Gasteiger charge is 2.32. The van der Waals surface area contributed by atoms with E-state index >= 15 is 0 Å². The van der Waals surface area contributed by atoms with Crippen LogP contribution in [0.1, 0.15) is 48.0 Å². The largest absolute Gasteiger partial charge is 0.0599 e. The second kappa shape index (κ2) is 3.16. The molecular formula is C11H22. The van der Waals surface area contributed by atoms with Gasteiger partial charge in [0, 0.05) is 0 Å². The van der Waals surface area contributed by atoms with E-state index in [1.807, 2.05) is 0 Å². The lowest BCUT2D eigenvalue weighted by Gasteiger charge is -2.40. The fourth-order valence-electron chi connectivity index (χ4n) is 2.01. The molecule has 0 saturated carbocycles. The van der Waals surface area contributed by atoms with E-state index in [1.165, 1.54) is 0 Å². The average molecular weight is 154 g/mol. The Labute approximate surface area is 72.4 Å². The lowest BCUT2D eigenvalue weighted by atomic mass is 9.65. The minimum absolute atomic E-state index is 0.326. The van der Waals surface area contributed by atoms with Crippen molar-refractivity contribution in [2.75, 3.05) is 0 Å². The highest BCUT2D eigenvalue weighted by atomic mass is 14.4. The Morgan fingerprint density at radius 1 is 0.909 bits per heavy atom. The van der Waals surface area contributed by atoms with Crippen molar-refractivity contribution >= 4 is 0 Å². The predicted molar refractivity (Wildman–Crippen MR) is 51.3 cm³/mol. The van der Waals surface area contributed by atoms with Crippen LogP contribution in [-0.2, 0) is 0 Å². The number of rotatable bonds is 1. The Balaban J connectivity index is 4.43. The van der Waals surface area contributed by atoms with Crippen LogP contribution in [0.2, 0.25) is 0 Å². The van der Waals surface area contributed by atoms with Crippen LogP contribution in [-0.4, -0.2) is 0 Å². The van der Waals surface area contributed by atoms with Crippen molar-refractivity contribution in [1.82, 2.24) is 0 Å². The van der Waals surface area contributed by atoms with Gasteiger partial charge in [-0.25, -0.2) is 0 Å². The molecule has 0 heterocycles. The normalized spacial score (nSPS) is 14.2. The minimum atomic E-state index is 0.326. The van der Waals surface area contributed by atoms with E-state index < -0.39 is 0 Å². The van der Waals surface area contributed by atoms with Gasteiger partial charge in [-0.1, -0.05) is 41.5 Å². The first-order chi connectivity index (χ1) is 4.69. The second-order valence-corrected chi connectivity index (χ2v) is 5.52.